The fourth-order valence-corrected chi connectivity index (χ4v) is 5.43. The van der Waals surface area contributed by atoms with Crippen LogP contribution in [0, 0.1) is 0 Å². The average molecular weight is 354 g/mol. The number of benzene rings is 4. The fraction of sp³-hybridized carbons (Fsp3) is 0. The summed E-state index contributed by atoms with van der Waals surface area (Å²) in [5, 5.41) is 2.53. The van der Waals surface area contributed by atoms with Gasteiger partial charge in [-0.05, 0) is 53.0 Å². The van der Waals surface area contributed by atoms with E-state index >= 15 is 0 Å². The molecule has 128 valence electrons. The van der Waals surface area contributed by atoms with E-state index in [0.717, 1.165) is 5.69 Å². The van der Waals surface area contributed by atoms with Gasteiger partial charge >= 0.3 is 0 Å². The summed E-state index contributed by atoms with van der Waals surface area (Å²) in [6.45, 7) is 4.07. The van der Waals surface area contributed by atoms with E-state index in [1.807, 2.05) is 0 Å². The van der Waals surface area contributed by atoms with Crippen molar-refractivity contribution >= 4 is 57.3 Å². The highest BCUT2D eigenvalue weighted by Crippen LogP contribution is 2.38. The summed E-state index contributed by atoms with van der Waals surface area (Å²) in [6.07, 6.45) is 0. The largest absolute Gasteiger partial charge is 0.310 e. The molecule has 0 bridgehead atoms. The van der Waals surface area contributed by atoms with E-state index in [9.17, 15) is 0 Å². The first-order valence-electron chi connectivity index (χ1n) is 9.63. The Morgan fingerprint density at radius 2 is 1.57 bits per heavy atom. The van der Waals surface area contributed by atoms with Gasteiger partial charge in [0.25, 0.3) is 0 Å². The number of nitrogens with zero attached hydrogens (tertiary/aromatic N) is 2. The van der Waals surface area contributed by atoms with Gasteiger partial charge in [0, 0.05) is 22.0 Å². The number of fused-ring (bicyclic) bond motifs is 8. The van der Waals surface area contributed by atoms with Crippen molar-refractivity contribution in [2.45, 2.75) is 0 Å². The lowest BCUT2D eigenvalue weighted by Crippen LogP contribution is -2.53. The van der Waals surface area contributed by atoms with Crippen molar-refractivity contribution < 1.29 is 0 Å². The van der Waals surface area contributed by atoms with E-state index in [0.29, 0.717) is 0 Å². The molecular weight excluding hydrogens is 339 g/mol. The molecule has 7 rings (SSSR count). The Morgan fingerprint density at radius 3 is 2.50 bits per heavy atom. The third-order valence-corrected chi connectivity index (χ3v) is 6.45. The lowest BCUT2D eigenvalue weighted by molar-refractivity contribution is 1.19. The predicted octanol–water partition coefficient (Wildman–Crippen LogP) is 3.93. The first-order valence-corrected chi connectivity index (χ1v) is 9.63. The Balaban J connectivity index is 1.79. The monoisotopic (exact) mass is 354 g/mol. The van der Waals surface area contributed by atoms with Crippen LogP contribution in [-0.4, -0.2) is 18.0 Å². The SMILES string of the molecule is C=Nc1cc2c3c(c1)c1ccccc1n3-c1cccc3c1B2c1ccccc1-3. The maximum atomic E-state index is 4.31. The van der Waals surface area contributed by atoms with Crippen molar-refractivity contribution in [1.82, 2.24) is 4.57 Å². The molecule has 0 spiro atoms. The molecule has 3 heteroatoms. The van der Waals surface area contributed by atoms with Crippen LogP contribution < -0.4 is 16.4 Å². The van der Waals surface area contributed by atoms with E-state index in [4.69, 9.17) is 0 Å². The summed E-state index contributed by atoms with van der Waals surface area (Å²) in [5.74, 6) is 0. The van der Waals surface area contributed by atoms with Crippen molar-refractivity contribution in [1.29, 1.82) is 0 Å². The zero-order valence-electron chi connectivity index (χ0n) is 15.2. The van der Waals surface area contributed by atoms with Crippen LogP contribution in [0.1, 0.15) is 0 Å². The molecule has 0 aliphatic carbocycles. The third kappa shape index (κ3) is 1.51. The van der Waals surface area contributed by atoms with E-state index < -0.39 is 0 Å². The number of aliphatic imine (C=N–C) groups is 1. The van der Waals surface area contributed by atoms with Gasteiger partial charge in [-0.3, -0.25) is 4.99 Å². The van der Waals surface area contributed by atoms with Crippen LogP contribution in [-0.2, 0) is 0 Å². The third-order valence-electron chi connectivity index (χ3n) is 6.45. The highest BCUT2D eigenvalue weighted by atomic mass is 15.0. The van der Waals surface area contributed by atoms with Crippen molar-refractivity contribution in [2.75, 3.05) is 0 Å². The summed E-state index contributed by atoms with van der Waals surface area (Å²) >= 11 is 0. The zero-order chi connectivity index (χ0) is 18.4. The second-order valence-electron chi connectivity index (χ2n) is 7.70. The van der Waals surface area contributed by atoms with Gasteiger partial charge < -0.3 is 4.57 Å². The van der Waals surface area contributed by atoms with Crippen LogP contribution in [0.15, 0.2) is 83.9 Å². The van der Waals surface area contributed by atoms with Crippen molar-refractivity contribution in [3.63, 3.8) is 0 Å². The Labute approximate surface area is 162 Å². The first-order chi connectivity index (χ1) is 13.9. The van der Waals surface area contributed by atoms with Gasteiger partial charge in [0.1, 0.15) is 0 Å². The quantitative estimate of drug-likeness (QED) is 0.314. The van der Waals surface area contributed by atoms with Crippen molar-refractivity contribution in [3.05, 3.63) is 78.9 Å². The lowest BCUT2D eigenvalue weighted by atomic mass is 9.37. The van der Waals surface area contributed by atoms with Gasteiger partial charge in [0.2, 0.25) is 6.71 Å². The topological polar surface area (TPSA) is 17.3 Å². The average Bonchev–Trinajstić information content (AvgIpc) is 3.27. The van der Waals surface area contributed by atoms with E-state index in [1.165, 1.54) is 55.0 Å². The summed E-state index contributed by atoms with van der Waals surface area (Å²) in [7, 11) is 0. The minimum Gasteiger partial charge on any atom is -0.310 e. The molecule has 0 N–H and O–H groups in total. The highest BCUT2D eigenvalue weighted by Gasteiger charge is 2.40. The number of rotatable bonds is 1. The lowest BCUT2D eigenvalue weighted by Gasteiger charge is -2.24. The summed E-state index contributed by atoms with van der Waals surface area (Å²) < 4.78 is 2.45. The van der Waals surface area contributed by atoms with Crippen LogP contribution in [0.25, 0.3) is 38.6 Å². The fourth-order valence-electron chi connectivity index (χ4n) is 5.43. The molecule has 4 aromatic carbocycles. The summed E-state index contributed by atoms with van der Waals surface area (Å²) in [5.41, 5.74) is 11.6. The van der Waals surface area contributed by atoms with E-state index in [-0.39, 0.29) is 6.71 Å². The highest BCUT2D eigenvalue weighted by molar-refractivity contribution is 7.01. The maximum absolute atomic E-state index is 4.31. The van der Waals surface area contributed by atoms with Gasteiger partial charge in [-0.1, -0.05) is 60.1 Å². The number of aromatic nitrogens is 1. The van der Waals surface area contributed by atoms with Crippen LogP contribution in [0.3, 0.4) is 0 Å². The molecular formula is C25H15BN2. The molecule has 1 aromatic heterocycles. The van der Waals surface area contributed by atoms with Crippen molar-refractivity contribution in [2.24, 2.45) is 4.99 Å². The molecule has 5 aromatic rings. The predicted molar refractivity (Wildman–Crippen MR) is 120 cm³/mol. The standard InChI is InChI=1S/C25H15BN2/c1-27-15-13-19-17-8-3-5-11-22(17)28-23-12-6-9-18-16-7-2-4-10-20(16)26(24(18)23)21(14-15)25(19)28/h2-14H,1H2. The Morgan fingerprint density at radius 1 is 0.750 bits per heavy atom. The van der Waals surface area contributed by atoms with Crippen LogP contribution in [0.4, 0.5) is 5.69 Å². The van der Waals surface area contributed by atoms with Gasteiger partial charge in [0.05, 0.1) is 11.2 Å². The molecule has 2 aliphatic heterocycles. The molecule has 3 heterocycles. The zero-order valence-corrected chi connectivity index (χ0v) is 15.2. The van der Waals surface area contributed by atoms with Crippen LogP contribution >= 0.6 is 0 Å². The molecule has 0 unspecified atom stereocenters. The minimum absolute atomic E-state index is 0.253. The molecule has 2 aliphatic rings. The smallest absolute Gasteiger partial charge is 0.248 e. The molecule has 2 nitrogen and oxygen atoms in total. The molecule has 28 heavy (non-hydrogen) atoms. The van der Waals surface area contributed by atoms with Gasteiger partial charge in [-0.25, -0.2) is 0 Å². The molecule has 0 fully saturated rings. The number of para-hydroxylation sites is 1. The molecule has 0 atom stereocenters. The number of hydrogen-bond donors (Lipinski definition) is 0. The molecule has 0 radical (unpaired) electrons. The van der Waals surface area contributed by atoms with Crippen LogP contribution in [0.2, 0.25) is 0 Å². The van der Waals surface area contributed by atoms with E-state index in [1.54, 1.807) is 0 Å². The molecule has 0 saturated carbocycles. The van der Waals surface area contributed by atoms with E-state index in [2.05, 4.69) is 95.1 Å². The second-order valence-corrected chi connectivity index (χ2v) is 7.70. The van der Waals surface area contributed by atoms with Gasteiger partial charge in [-0.2, -0.15) is 0 Å². The first kappa shape index (κ1) is 14.5. The second kappa shape index (κ2) is 4.82. The summed E-state index contributed by atoms with van der Waals surface area (Å²) in [6, 6.07) is 28.7. The maximum Gasteiger partial charge on any atom is 0.248 e. The molecule has 0 amide bonds. The Bertz CT molecular complexity index is 1490. The molecule has 0 saturated heterocycles. The van der Waals surface area contributed by atoms with Crippen molar-refractivity contribution in [3.8, 4) is 16.8 Å². The Hall–Kier alpha value is -3.59. The van der Waals surface area contributed by atoms with Gasteiger partial charge in [0.15, 0.2) is 0 Å². The normalized spacial score (nSPS) is 13.1. The minimum atomic E-state index is 0.253. The summed E-state index contributed by atoms with van der Waals surface area (Å²) in [4.78, 5) is 4.31. The number of hydrogen-bond acceptors (Lipinski definition) is 1. The van der Waals surface area contributed by atoms with Crippen LogP contribution in [0.5, 0.6) is 0 Å². The van der Waals surface area contributed by atoms with Gasteiger partial charge in [-0.15, -0.1) is 0 Å². The Kier molecular flexibility index (Phi) is 2.49.